The minimum Gasteiger partial charge on any atom is -0.477 e. The van der Waals surface area contributed by atoms with E-state index in [1.54, 1.807) is 12.1 Å². The van der Waals surface area contributed by atoms with Crippen molar-refractivity contribution in [2.24, 2.45) is 0 Å². The van der Waals surface area contributed by atoms with Crippen molar-refractivity contribution >= 4 is 17.3 Å². The van der Waals surface area contributed by atoms with E-state index < -0.39 is 6.10 Å². The molecule has 0 aliphatic carbocycles. The topological polar surface area (TPSA) is 70.6 Å². The highest BCUT2D eigenvalue weighted by Gasteiger charge is 2.26. The van der Waals surface area contributed by atoms with Crippen LogP contribution >= 0.6 is 0 Å². The van der Waals surface area contributed by atoms with Crippen molar-refractivity contribution in [1.29, 1.82) is 0 Å². The zero-order valence-electron chi connectivity index (χ0n) is 11.4. The third-order valence-electron chi connectivity index (χ3n) is 3.37. The molecule has 3 rings (SSSR count). The van der Waals surface area contributed by atoms with E-state index in [0.717, 1.165) is 5.69 Å². The van der Waals surface area contributed by atoms with Gasteiger partial charge >= 0.3 is 0 Å². The fourth-order valence-electron chi connectivity index (χ4n) is 2.25. The number of carbonyl (C=O) groups excluding carboxylic acids is 1. The summed E-state index contributed by atoms with van der Waals surface area (Å²) in [5, 5.41) is 15.2. The van der Waals surface area contributed by atoms with Crippen LogP contribution in [0.25, 0.3) is 0 Å². The summed E-state index contributed by atoms with van der Waals surface area (Å²) < 4.78 is 5.70. The molecule has 1 aliphatic heterocycles. The molecular formula is C16H16N2O3. The smallest absolute Gasteiger partial charge is 0.267 e. The van der Waals surface area contributed by atoms with Crippen molar-refractivity contribution in [3.8, 4) is 5.75 Å². The minimum absolute atomic E-state index is 0.122. The zero-order valence-corrected chi connectivity index (χ0v) is 11.4. The Bertz CT molecular complexity index is 657. The van der Waals surface area contributed by atoms with Crippen molar-refractivity contribution in [3.63, 3.8) is 0 Å². The Morgan fingerprint density at radius 2 is 2.00 bits per heavy atom. The molecule has 5 nitrogen and oxygen atoms in total. The van der Waals surface area contributed by atoms with Gasteiger partial charge < -0.3 is 20.5 Å². The van der Waals surface area contributed by atoms with Gasteiger partial charge in [-0.25, -0.2) is 0 Å². The average molecular weight is 284 g/mol. The molecule has 1 aliphatic rings. The third-order valence-corrected chi connectivity index (χ3v) is 3.37. The van der Waals surface area contributed by atoms with E-state index in [1.165, 1.54) is 0 Å². The van der Waals surface area contributed by atoms with E-state index in [-0.39, 0.29) is 12.5 Å². The van der Waals surface area contributed by atoms with Crippen LogP contribution in [0, 0.1) is 0 Å². The predicted molar refractivity (Wildman–Crippen MR) is 80.3 cm³/mol. The van der Waals surface area contributed by atoms with Gasteiger partial charge in [0.25, 0.3) is 5.91 Å². The van der Waals surface area contributed by atoms with Crippen LogP contribution in [0.1, 0.15) is 5.56 Å². The van der Waals surface area contributed by atoms with Crippen LogP contribution in [0.3, 0.4) is 0 Å². The summed E-state index contributed by atoms with van der Waals surface area (Å²) in [4.78, 5) is 12.3. The number of fused-ring (bicyclic) bond motifs is 1. The van der Waals surface area contributed by atoms with E-state index in [2.05, 4.69) is 10.6 Å². The van der Waals surface area contributed by atoms with Crippen LogP contribution in [0.15, 0.2) is 48.5 Å². The number of benzene rings is 2. The monoisotopic (exact) mass is 284 g/mol. The molecule has 1 amide bonds. The van der Waals surface area contributed by atoms with Gasteiger partial charge in [-0.3, -0.25) is 4.79 Å². The maximum absolute atomic E-state index is 12.3. The Morgan fingerprint density at radius 1 is 1.24 bits per heavy atom. The van der Waals surface area contributed by atoms with E-state index in [9.17, 15) is 9.90 Å². The Morgan fingerprint density at radius 3 is 2.86 bits per heavy atom. The molecule has 0 spiro atoms. The van der Waals surface area contributed by atoms with E-state index in [1.807, 2.05) is 36.4 Å². The van der Waals surface area contributed by atoms with Crippen LogP contribution in [0.2, 0.25) is 0 Å². The van der Waals surface area contributed by atoms with Gasteiger partial charge in [0.05, 0.1) is 18.8 Å². The maximum atomic E-state index is 12.3. The van der Waals surface area contributed by atoms with Gasteiger partial charge in [-0.1, -0.05) is 30.3 Å². The molecule has 1 unspecified atom stereocenters. The first-order chi connectivity index (χ1) is 10.3. The van der Waals surface area contributed by atoms with Gasteiger partial charge in [-0.05, 0) is 18.2 Å². The van der Waals surface area contributed by atoms with Crippen LogP contribution in [-0.2, 0) is 11.4 Å². The number of ether oxygens (including phenoxy) is 1. The molecule has 0 radical (unpaired) electrons. The Hall–Kier alpha value is -2.53. The van der Waals surface area contributed by atoms with Crippen LogP contribution in [0.5, 0.6) is 5.75 Å². The lowest BCUT2D eigenvalue weighted by Gasteiger charge is -2.26. The number of carbonyl (C=O) groups is 1. The fourth-order valence-corrected chi connectivity index (χ4v) is 2.25. The summed E-state index contributed by atoms with van der Waals surface area (Å²) in [5.41, 5.74) is 2.17. The molecule has 2 aromatic carbocycles. The van der Waals surface area contributed by atoms with E-state index in [4.69, 9.17) is 4.74 Å². The highest BCUT2D eigenvalue weighted by atomic mass is 16.5. The van der Waals surface area contributed by atoms with Gasteiger partial charge in [0.15, 0.2) is 6.10 Å². The SMILES string of the molecule is O=C(Nc1ccccc1CO)C1CNc2ccccc2O1. The molecule has 108 valence electrons. The van der Waals surface area contributed by atoms with Gasteiger partial charge in [-0.15, -0.1) is 0 Å². The predicted octanol–water partition coefficient (Wildman–Crippen LogP) is 1.99. The summed E-state index contributed by atoms with van der Waals surface area (Å²) in [6.45, 7) is 0.285. The van der Waals surface area contributed by atoms with Crippen molar-refractivity contribution < 1.29 is 14.6 Å². The van der Waals surface area contributed by atoms with E-state index in [0.29, 0.717) is 23.5 Å². The molecule has 0 aromatic heterocycles. The number of amides is 1. The number of para-hydroxylation sites is 3. The standard InChI is InChI=1S/C16H16N2O3/c19-10-11-5-1-2-6-12(11)18-16(20)15-9-17-13-7-3-4-8-14(13)21-15/h1-8,15,17,19H,9-10H2,(H,18,20). The molecule has 0 bridgehead atoms. The summed E-state index contributed by atoms with van der Waals surface area (Å²) >= 11 is 0. The lowest BCUT2D eigenvalue weighted by atomic mass is 10.1. The molecule has 5 heteroatoms. The first kappa shape index (κ1) is 13.5. The van der Waals surface area contributed by atoms with Gasteiger partial charge in [-0.2, -0.15) is 0 Å². The van der Waals surface area contributed by atoms with Crippen LogP contribution < -0.4 is 15.4 Å². The number of nitrogens with one attached hydrogen (secondary N) is 2. The van der Waals surface area contributed by atoms with Crippen molar-refractivity contribution in [1.82, 2.24) is 0 Å². The molecular weight excluding hydrogens is 268 g/mol. The zero-order chi connectivity index (χ0) is 14.7. The molecule has 0 saturated heterocycles. The Labute approximate surface area is 122 Å². The molecule has 3 N–H and O–H groups in total. The summed E-state index contributed by atoms with van der Waals surface area (Å²) in [5.74, 6) is 0.428. The van der Waals surface area contributed by atoms with Crippen molar-refractivity contribution in [2.45, 2.75) is 12.7 Å². The van der Waals surface area contributed by atoms with Gasteiger partial charge in [0, 0.05) is 11.3 Å². The molecule has 0 fully saturated rings. The Kier molecular flexibility index (Phi) is 3.75. The number of aliphatic hydroxyl groups is 1. The molecule has 1 heterocycles. The lowest BCUT2D eigenvalue weighted by Crippen LogP contribution is -2.41. The minimum atomic E-state index is -0.605. The fraction of sp³-hybridized carbons (Fsp3) is 0.188. The average Bonchev–Trinajstić information content (AvgIpc) is 2.55. The van der Waals surface area contributed by atoms with Crippen molar-refractivity contribution in [3.05, 3.63) is 54.1 Å². The summed E-state index contributed by atoms with van der Waals surface area (Å²) in [6.07, 6.45) is -0.605. The Balaban J connectivity index is 1.72. The first-order valence-corrected chi connectivity index (χ1v) is 6.77. The lowest BCUT2D eigenvalue weighted by molar-refractivity contribution is -0.122. The molecule has 2 aromatic rings. The second kappa shape index (κ2) is 5.85. The van der Waals surface area contributed by atoms with E-state index >= 15 is 0 Å². The third kappa shape index (κ3) is 2.83. The number of hydrogen-bond donors (Lipinski definition) is 3. The van der Waals surface area contributed by atoms with Gasteiger partial charge in [0.1, 0.15) is 5.75 Å². The number of anilines is 2. The molecule has 1 atom stereocenters. The summed E-state index contributed by atoms with van der Waals surface area (Å²) in [6, 6.07) is 14.7. The van der Waals surface area contributed by atoms with Crippen molar-refractivity contribution in [2.75, 3.05) is 17.2 Å². The first-order valence-electron chi connectivity index (χ1n) is 6.77. The number of aliphatic hydroxyl groups excluding tert-OH is 1. The highest BCUT2D eigenvalue weighted by molar-refractivity contribution is 5.95. The van der Waals surface area contributed by atoms with Gasteiger partial charge in [0.2, 0.25) is 0 Å². The second-order valence-corrected chi connectivity index (χ2v) is 4.79. The highest BCUT2D eigenvalue weighted by Crippen LogP contribution is 2.28. The number of rotatable bonds is 3. The quantitative estimate of drug-likeness (QED) is 0.806. The molecule has 21 heavy (non-hydrogen) atoms. The summed E-state index contributed by atoms with van der Waals surface area (Å²) in [7, 11) is 0. The van der Waals surface area contributed by atoms with Crippen LogP contribution in [-0.4, -0.2) is 23.7 Å². The normalized spacial score (nSPS) is 16.3. The van der Waals surface area contributed by atoms with Crippen LogP contribution in [0.4, 0.5) is 11.4 Å². The largest absolute Gasteiger partial charge is 0.477 e. The molecule has 0 saturated carbocycles. The maximum Gasteiger partial charge on any atom is 0.267 e. The number of hydrogen-bond acceptors (Lipinski definition) is 4. The second-order valence-electron chi connectivity index (χ2n) is 4.79.